The lowest BCUT2D eigenvalue weighted by Gasteiger charge is -2.14. The van der Waals surface area contributed by atoms with Gasteiger partial charge in [0.05, 0.1) is 7.11 Å². The third-order valence-electron chi connectivity index (χ3n) is 2.71. The number of hydrogen-bond donors (Lipinski definition) is 1. The molecule has 18 heavy (non-hydrogen) atoms. The van der Waals surface area contributed by atoms with Crippen LogP contribution in [-0.4, -0.2) is 24.9 Å². The van der Waals surface area contributed by atoms with Gasteiger partial charge in [-0.05, 0) is 38.1 Å². The van der Waals surface area contributed by atoms with Crippen LogP contribution in [0.5, 0.6) is 0 Å². The number of ether oxygens (including phenoxy) is 1. The fourth-order valence-corrected chi connectivity index (χ4v) is 2.66. The Hall–Kier alpha value is -1.00. The largest absolute Gasteiger partial charge is 0.468 e. The van der Waals surface area contributed by atoms with Crippen LogP contribution in [0.2, 0.25) is 0 Å². The standard InChI is InChI=1S/C14H21NO2S/c1-5-15-10(2)12-7-6-8-13(9-12)18-11(3)14(16)17-4/h6-11,15H,5H2,1-4H3. The molecule has 0 fully saturated rings. The van der Waals surface area contributed by atoms with Crippen molar-refractivity contribution in [3.05, 3.63) is 29.8 Å². The topological polar surface area (TPSA) is 38.3 Å². The first-order chi connectivity index (χ1) is 8.58. The Balaban J connectivity index is 2.73. The van der Waals surface area contributed by atoms with E-state index in [1.54, 1.807) is 0 Å². The number of esters is 1. The van der Waals surface area contributed by atoms with E-state index in [9.17, 15) is 4.79 Å². The third kappa shape index (κ3) is 4.35. The van der Waals surface area contributed by atoms with Crippen molar-refractivity contribution in [2.24, 2.45) is 0 Å². The molecule has 0 aliphatic rings. The maximum Gasteiger partial charge on any atom is 0.318 e. The van der Waals surface area contributed by atoms with E-state index < -0.39 is 0 Å². The van der Waals surface area contributed by atoms with E-state index in [0.717, 1.165) is 11.4 Å². The van der Waals surface area contributed by atoms with Crippen molar-refractivity contribution in [3.63, 3.8) is 0 Å². The van der Waals surface area contributed by atoms with E-state index in [-0.39, 0.29) is 11.2 Å². The van der Waals surface area contributed by atoms with Gasteiger partial charge in [-0.3, -0.25) is 4.79 Å². The second-order valence-corrected chi connectivity index (χ2v) is 5.55. The average Bonchev–Trinajstić information content (AvgIpc) is 2.38. The van der Waals surface area contributed by atoms with Gasteiger partial charge >= 0.3 is 5.97 Å². The summed E-state index contributed by atoms with van der Waals surface area (Å²) in [6.45, 7) is 7.03. The summed E-state index contributed by atoms with van der Waals surface area (Å²) in [5.74, 6) is -0.190. The number of methoxy groups -OCH3 is 1. The van der Waals surface area contributed by atoms with Gasteiger partial charge in [-0.2, -0.15) is 0 Å². The molecular weight excluding hydrogens is 246 g/mol. The van der Waals surface area contributed by atoms with Crippen LogP contribution in [0.1, 0.15) is 32.4 Å². The highest BCUT2D eigenvalue weighted by atomic mass is 32.2. The van der Waals surface area contributed by atoms with Crippen molar-refractivity contribution in [1.82, 2.24) is 5.32 Å². The first-order valence-electron chi connectivity index (χ1n) is 6.16. The predicted molar refractivity (Wildman–Crippen MR) is 75.9 cm³/mol. The molecule has 0 heterocycles. The minimum absolute atomic E-state index is 0.181. The summed E-state index contributed by atoms with van der Waals surface area (Å²) < 4.78 is 4.73. The Kier molecular flexibility index (Phi) is 6.22. The SMILES string of the molecule is CCNC(C)c1cccc(SC(C)C(=O)OC)c1. The highest BCUT2D eigenvalue weighted by molar-refractivity contribution is 8.00. The Bertz CT molecular complexity index is 395. The number of thioether (sulfide) groups is 1. The maximum atomic E-state index is 11.4. The summed E-state index contributed by atoms with van der Waals surface area (Å²) in [5, 5.41) is 3.19. The number of rotatable bonds is 6. The van der Waals surface area contributed by atoms with Crippen molar-refractivity contribution in [2.45, 2.75) is 37.0 Å². The van der Waals surface area contributed by atoms with Crippen molar-refractivity contribution < 1.29 is 9.53 Å². The highest BCUT2D eigenvalue weighted by Crippen LogP contribution is 2.26. The third-order valence-corrected chi connectivity index (χ3v) is 3.79. The molecule has 1 N–H and O–H groups in total. The van der Waals surface area contributed by atoms with Crippen molar-refractivity contribution in [1.29, 1.82) is 0 Å². The quantitative estimate of drug-likeness (QED) is 0.635. The van der Waals surface area contributed by atoms with Crippen LogP contribution >= 0.6 is 11.8 Å². The molecule has 0 spiro atoms. The van der Waals surface area contributed by atoms with Gasteiger partial charge in [0, 0.05) is 10.9 Å². The van der Waals surface area contributed by atoms with Crippen LogP contribution in [0.4, 0.5) is 0 Å². The molecular formula is C14H21NO2S. The molecule has 0 aromatic heterocycles. The Morgan fingerprint density at radius 1 is 1.44 bits per heavy atom. The average molecular weight is 267 g/mol. The molecule has 0 bridgehead atoms. The van der Waals surface area contributed by atoms with Gasteiger partial charge in [-0.15, -0.1) is 11.8 Å². The molecule has 0 aliphatic heterocycles. The van der Waals surface area contributed by atoms with E-state index in [1.807, 2.05) is 19.1 Å². The van der Waals surface area contributed by atoms with E-state index in [0.29, 0.717) is 6.04 Å². The Morgan fingerprint density at radius 3 is 2.78 bits per heavy atom. The fourth-order valence-electron chi connectivity index (χ4n) is 1.70. The Morgan fingerprint density at radius 2 is 2.17 bits per heavy atom. The minimum Gasteiger partial charge on any atom is -0.468 e. The molecule has 0 aliphatic carbocycles. The normalized spacial score (nSPS) is 14.0. The van der Waals surface area contributed by atoms with Crippen LogP contribution in [0.3, 0.4) is 0 Å². The molecule has 3 nitrogen and oxygen atoms in total. The van der Waals surface area contributed by atoms with Crippen molar-refractivity contribution in [3.8, 4) is 0 Å². The number of hydrogen-bond acceptors (Lipinski definition) is 4. The summed E-state index contributed by atoms with van der Waals surface area (Å²) >= 11 is 1.52. The zero-order valence-corrected chi connectivity index (χ0v) is 12.2. The number of nitrogens with one attached hydrogen (secondary N) is 1. The molecule has 0 amide bonds. The van der Waals surface area contributed by atoms with Crippen LogP contribution in [-0.2, 0) is 9.53 Å². The summed E-state index contributed by atoms with van der Waals surface area (Å²) in [5.41, 5.74) is 1.24. The molecule has 2 unspecified atom stereocenters. The second kappa shape index (κ2) is 7.44. The van der Waals surface area contributed by atoms with Crippen LogP contribution < -0.4 is 5.32 Å². The smallest absolute Gasteiger partial charge is 0.318 e. The van der Waals surface area contributed by atoms with Gasteiger partial charge in [-0.25, -0.2) is 0 Å². The van der Waals surface area contributed by atoms with E-state index in [2.05, 4.69) is 31.3 Å². The molecule has 4 heteroatoms. The molecule has 100 valence electrons. The highest BCUT2D eigenvalue weighted by Gasteiger charge is 2.15. The molecule has 2 atom stereocenters. The molecule has 1 aromatic rings. The van der Waals surface area contributed by atoms with Crippen molar-refractivity contribution in [2.75, 3.05) is 13.7 Å². The molecule has 0 saturated carbocycles. The minimum atomic E-state index is -0.190. The van der Waals surface area contributed by atoms with Gasteiger partial charge in [0.1, 0.15) is 5.25 Å². The van der Waals surface area contributed by atoms with Gasteiger partial charge in [0.2, 0.25) is 0 Å². The first kappa shape index (κ1) is 15.1. The first-order valence-corrected chi connectivity index (χ1v) is 7.04. The number of carbonyl (C=O) groups is 1. The van der Waals surface area contributed by atoms with Gasteiger partial charge in [0.25, 0.3) is 0 Å². The lowest BCUT2D eigenvalue weighted by molar-refractivity contribution is -0.139. The molecule has 0 saturated heterocycles. The van der Waals surface area contributed by atoms with E-state index in [4.69, 9.17) is 4.74 Å². The molecule has 1 aromatic carbocycles. The van der Waals surface area contributed by atoms with Crippen LogP contribution in [0.25, 0.3) is 0 Å². The Labute approximate surface area is 113 Å². The van der Waals surface area contributed by atoms with E-state index >= 15 is 0 Å². The van der Waals surface area contributed by atoms with Gasteiger partial charge in [-0.1, -0.05) is 19.1 Å². The van der Waals surface area contributed by atoms with Crippen LogP contribution in [0.15, 0.2) is 29.2 Å². The summed E-state index contributed by atoms with van der Waals surface area (Å²) in [6.07, 6.45) is 0. The zero-order valence-electron chi connectivity index (χ0n) is 11.4. The lowest BCUT2D eigenvalue weighted by atomic mass is 10.1. The molecule has 0 radical (unpaired) electrons. The zero-order chi connectivity index (χ0) is 13.5. The van der Waals surface area contributed by atoms with Crippen molar-refractivity contribution >= 4 is 17.7 Å². The van der Waals surface area contributed by atoms with Crippen LogP contribution in [0, 0.1) is 0 Å². The predicted octanol–water partition coefficient (Wildman–Crippen LogP) is 3.01. The summed E-state index contributed by atoms with van der Waals surface area (Å²) in [7, 11) is 1.42. The van der Waals surface area contributed by atoms with Gasteiger partial charge < -0.3 is 10.1 Å². The lowest BCUT2D eigenvalue weighted by Crippen LogP contribution is -2.18. The van der Waals surface area contributed by atoms with E-state index in [1.165, 1.54) is 24.4 Å². The van der Waals surface area contributed by atoms with Gasteiger partial charge in [0.15, 0.2) is 0 Å². The fraction of sp³-hybridized carbons (Fsp3) is 0.500. The maximum absolute atomic E-state index is 11.4. The summed E-state index contributed by atoms with van der Waals surface area (Å²) in [6, 6.07) is 8.59. The molecule has 1 rings (SSSR count). The number of carbonyl (C=O) groups excluding carboxylic acids is 1. The summed E-state index contributed by atoms with van der Waals surface area (Å²) in [4.78, 5) is 12.5. The monoisotopic (exact) mass is 267 g/mol. The second-order valence-electron chi connectivity index (χ2n) is 4.14. The number of benzene rings is 1.